The second-order valence-electron chi connectivity index (χ2n) is 4.86. The van der Waals surface area contributed by atoms with Gasteiger partial charge in [-0.25, -0.2) is 0 Å². The summed E-state index contributed by atoms with van der Waals surface area (Å²) >= 11 is 1.43. The highest BCUT2D eigenvalue weighted by Crippen LogP contribution is 2.36. The molecule has 114 valence electrons. The Bertz CT molecular complexity index is 679. The molecule has 6 nitrogen and oxygen atoms in total. The summed E-state index contributed by atoms with van der Waals surface area (Å²) in [4.78, 5) is 22.3. The normalized spacial score (nSPS) is 17.8. The Morgan fingerprint density at radius 1 is 1.55 bits per heavy atom. The molecule has 1 aromatic rings. The van der Waals surface area contributed by atoms with Crippen LogP contribution in [0.2, 0.25) is 0 Å². The van der Waals surface area contributed by atoms with Crippen molar-refractivity contribution < 1.29 is 9.72 Å². The molecule has 1 atom stereocenters. The minimum atomic E-state index is -0.477. The van der Waals surface area contributed by atoms with E-state index < -0.39 is 10.8 Å². The molecular weight excluding hydrogens is 302 g/mol. The van der Waals surface area contributed by atoms with E-state index in [4.69, 9.17) is 0 Å². The van der Waals surface area contributed by atoms with Crippen LogP contribution in [0.25, 0.3) is 0 Å². The maximum Gasteiger partial charge on any atom is 0.269 e. The summed E-state index contributed by atoms with van der Waals surface area (Å²) in [6.07, 6.45) is 1.05. The fraction of sp³-hybridized carbons (Fsp3) is 0.333. The lowest BCUT2D eigenvalue weighted by Crippen LogP contribution is -2.30. The zero-order chi connectivity index (χ0) is 16.1. The third-order valence-corrected chi connectivity index (χ3v) is 4.51. The maximum absolute atomic E-state index is 11.9. The summed E-state index contributed by atoms with van der Waals surface area (Å²) in [5, 5.41) is 23.7. The average molecular weight is 317 g/mol. The van der Waals surface area contributed by atoms with Gasteiger partial charge in [-0.15, -0.1) is 11.8 Å². The van der Waals surface area contributed by atoms with Crippen LogP contribution in [-0.4, -0.2) is 16.6 Å². The lowest BCUT2D eigenvalue weighted by molar-refractivity contribution is -0.384. The van der Waals surface area contributed by atoms with Crippen molar-refractivity contribution in [1.82, 2.24) is 5.32 Å². The Morgan fingerprint density at radius 3 is 2.95 bits per heavy atom. The summed E-state index contributed by atoms with van der Waals surface area (Å²) in [6, 6.07) is 8.28. The smallest absolute Gasteiger partial charge is 0.269 e. The second-order valence-corrected chi connectivity index (χ2v) is 5.97. The van der Waals surface area contributed by atoms with Crippen LogP contribution in [0.1, 0.15) is 31.2 Å². The van der Waals surface area contributed by atoms with E-state index >= 15 is 0 Å². The number of non-ortho nitro benzene ring substituents is 1. The molecule has 2 rings (SSSR count). The molecule has 0 fully saturated rings. The van der Waals surface area contributed by atoms with Crippen molar-refractivity contribution in [1.29, 1.82) is 5.26 Å². The minimum Gasteiger partial charge on any atom is -0.320 e. The fourth-order valence-corrected chi connectivity index (χ4v) is 3.21. The molecule has 1 aliphatic heterocycles. The Morgan fingerprint density at radius 2 is 2.32 bits per heavy atom. The number of hydrogen-bond acceptors (Lipinski definition) is 5. The van der Waals surface area contributed by atoms with Gasteiger partial charge in [-0.1, -0.05) is 19.1 Å². The Labute approximate surface area is 132 Å². The number of thioether (sulfide) groups is 1. The van der Waals surface area contributed by atoms with E-state index in [1.165, 1.54) is 23.9 Å². The summed E-state index contributed by atoms with van der Waals surface area (Å²) in [5.41, 5.74) is 1.05. The van der Waals surface area contributed by atoms with Crippen LogP contribution in [0.15, 0.2) is 34.9 Å². The Hall–Kier alpha value is -2.33. The van der Waals surface area contributed by atoms with Crippen LogP contribution in [0.3, 0.4) is 0 Å². The number of hydrogen-bond donors (Lipinski definition) is 1. The number of nitrogens with one attached hydrogen (secondary N) is 1. The standard InChI is InChI=1S/C15H15N3O3S/c1-2-6-22-15-13(9-16)12(8-14(19)17-15)10-4-3-5-11(7-10)18(20)21/h3-5,7,12H,2,6,8H2,1H3,(H,17,19)/t12-/m0/s1. The Kier molecular flexibility index (Phi) is 5.17. The topological polar surface area (TPSA) is 96.0 Å². The predicted octanol–water partition coefficient (Wildman–Crippen LogP) is 3.08. The van der Waals surface area contributed by atoms with E-state index in [0.29, 0.717) is 16.2 Å². The van der Waals surface area contributed by atoms with Crippen molar-refractivity contribution >= 4 is 23.4 Å². The highest BCUT2D eigenvalue weighted by molar-refractivity contribution is 8.03. The molecule has 1 amide bonds. The predicted molar refractivity (Wildman–Crippen MR) is 84.0 cm³/mol. The molecule has 1 heterocycles. The molecule has 0 aromatic heterocycles. The van der Waals surface area contributed by atoms with Gasteiger partial charge in [-0.3, -0.25) is 14.9 Å². The van der Waals surface area contributed by atoms with Crippen LogP contribution in [-0.2, 0) is 4.79 Å². The number of amides is 1. The first-order valence-electron chi connectivity index (χ1n) is 6.88. The van der Waals surface area contributed by atoms with Crippen molar-refractivity contribution in [3.05, 3.63) is 50.5 Å². The third-order valence-electron chi connectivity index (χ3n) is 3.29. The molecule has 0 saturated heterocycles. The highest BCUT2D eigenvalue weighted by Gasteiger charge is 2.30. The number of carbonyl (C=O) groups is 1. The van der Waals surface area contributed by atoms with E-state index in [0.717, 1.165) is 12.2 Å². The highest BCUT2D eigenvalue weighted by atomic mass is 32.2. The van der Waals surface area contributed by atoms with E-state index in [9.17, 15) is 20.2 Å². The molecule has 1 N–H and O–H groups in total. The SMILES string of the molecule is CCCSC1=C(C#N)[C@H](c2cccc([N+](=O)[O-])c2)CC(=O)N1. The van der Waals surface area contributed by atoms with Gasteiger partial charge >= 0.3 is 0 Å². The molecule has 0 spiro atoms. The molecule has 0 radical (unpaired) electrons. The monoisotopic (exact) mass is 317 g/mol. The number of allylic oxidation sites excluding steroid dienone is 1. The zero-order valence-corrected chi connectivity index (χ0v) is 12.9. The van der Waals surface area contributed by atoms with Crippen molar-refractivity contribution in [3.63, 3.8) is 0 Å². The number of benzene rings is 1. The quantitative estimate of drug-likeness (QED) is 0.665. The average Bonchev–Trinajstić information content (AvgIpc) is 2.52. The molecule has 0 unspecified atom stereocenters. The van der Waals surface area contributed by atoms with Gasteiger partial charge in [0.05, 0.1) is 21.6 Å². The van der Waals surface area contributed by atoms with Crippen LogP contribution in [0.4, 0.5) is 5.69 Å². The lowest BCUT2D eigenvalue weighted by atomic mass is 9.87. The van der Waals surface area contributed by atoms with E-state index in [-0.39, 0.29) is 18.0 Å². The van der Waals surface area contributed by atoms with Gasteiger partial charge in [-0.2, -0.15) is 5.26 Å². The molecule has 0 bridgehead atoms. The summed E-state index contributed by atoms with van der Waals surface area (Å²) in [6.45, 7) is 2.02. The van der Waals surface area contributed by atoms with Gasteiger partial charge in [0.25, 0.3) is 5.69 Å². The van der Waals surface area contributed by atoms with Crippen LogP contribution >= 0.6 is 11.8 Å². The van der Waals surface area contributed by atoms with Crippen LogP contribution in [0.5, 0.6) is 0 Å². The lowest BCUT2D eigenvalue weighted by Gasteiger charge is -2.24. The number of nitro groups is 1. The van der Waals surface area contributed by atoms with Gasteiger partial charge in [-0.05, 0) is 17.7 Å². The largest absolute Gasteiger partial charge is 0.320 e. The number of rotatable bonds is 5. The molecule has 1 aromatic carbocycles. The first kappa shape index (κ1) is 16.0. The third kappa shape index (κ3) is 3.46. The summed E-state index contributed by atoms with van der Waals surface area (Å²) in [7, 11) is 0. The van der Waals surface area contributed by atoms with E-state index in [1.54, 1.807) is 12.1 Å². The van der Waals surface area contributed by atoms with Gasteiger partial charge in [0.1, 0.15) is 0 Å². The summed E-state index contributed by atoms with van der Waals surface area (Å²) in [5.74, 6) is 0.190. The van der Waals surface area contributed by atoms with E-state index in [1.807, 2.05) is 6.92 Å². The molecular formula is C15H15N3O3S. The van der Waals surface area contributed by atoms with Crippen LogP contribution in [0, 0.1) is 21.4 Å². The van der Waals surface area contributed by atoms with Gasteiger partial charge < -0.3 is 5.32 Å². The maximum atomic E-state index is 11.9. The van der Waals surface area contributed by atoms with Gasteiger partial charge in [0.15, 0.2) is 0 Å². The van der Waals surface area contributed by atoms with Crippen molar-refractivity contribution in [2.45, 2.75) is 25.7 Å². The fourth-order valence-electron chi connectivity index (χ4n) is 2.28. The van der Waals surface area contributed by atoms with Crippen molar-refractivity contribution in [2.75, 3.05) is 5.75 Å². The Balaban J connectivity index is 2.43. The first-order valence-corrected chi connectivity index (χ1v) is 7.86. The second kappa shape index (κ2) is 7.09. The molecule has 0 aliphatic carbocycles. The molecule has 22 heavy (non-hydrogen) atoms. The van der Waals surface area contributed by atoms with Gasteiger partial charge in [0.2, 0.25) is 5.91 Å². The minimum absolute atomic E-state index is 0.0384. The molecule has 0 saturated carbocycles. The number of nitrogens with zero attached hydrogens (tertiary/aromatic N) is 2. The number of nitro benzene ring substituents is 1. The van der Waals surface area contributed by atoms with Crippen molar-refractivity contribution in [2.24, 2.45) is 0 Å². The summed E-state index contributed by atoms with van der Waals surface area (Å²) < 4.78 is 0. The van der Waals surface area contributed by atoms with Gasteiger partial charge in [0, 0.05) is 24.5 Å². The van der Waals surface area contributed by atoms with Crippen molar-refractivity contribution in [3.8, 4) is 6.07 Å². The first-order chi connectivity index (χ1) is 10.6. The molecule has 1 aliphatic rings. The number of nitriles is 1. The molecule has 7 heteroatoms. The zero-order valence-electron chi connectivity index (χ0n) is 12.0. The number of carbonyl (C=O) groups excluding carboxylic acids is 1. The van der Waals surface area contributed by atoms with Crippen LogP contribution < -0.4 is 5.32 Å². The van der Waals surface area contributed by atoms with E-state index in [2.05, 4.69) is 11.4 Å².